The third-order valence-electron chi connectivity index (χ3n) is 4.85. The molecule has 1 amide bonds. The topological polar surface area (TPSA) is 55.8 Å². The zero-order chi connectivity index (χ0) is 22.4. The van der Waals surface area contributed by atoms with Crippen molar-refractivity contribution in [2.24, 2.45) is 0 Å². The number of anilines is 1. The number of hydrogen-bond acceptors (Lipinski definition) is 4. The van der Waals surface area contributed by atoms with Gasteiger partial charge in [-0.25, -0.2) is 4.79 Å². The fraction of sp³-hybridized carbons (Fsp3) is 0.231. The Balaban J connectivity index is 1.71. The maximum absolute atomic E-state index is 13.0. The van der Waals surface area contributed by atoms with Crippen LogP contribution in [0, 0.1) is 0 Å². The Morgan fingerprint density at radius 1 is 0.839 bits per heavy atom. The summed E-state index contributed by atoms with van der Waals surface area (Å²) in [6.45, 7) is 6.15. The molecule has 0 aliphatic rings. The molecule has 0 fully saturated rings. The average molecular weight is 418 g/mol. The molecule has 0 radical (unpaired) electrons. The van der Waals surface area contributed by atoms with Crippen LogP contribution in [0.1, 0.15) is 36.7 Å². The molecule has 3 rings (SSSR count). The molecule has 0 saturated carbocycles. The van der Waals surface area contributed by atoms with Gasteiger partial charge in [0.2, 0.25) is 0 Å². The average Bonchev–Trinajstić information content (AvgIpc) is 2.77. The summed E-state index contributed by atoms with van der Waals surface area (Å²) < 4.78 is 10.9. The third kappa shape index (κ3) is 5.72. The van der Waals surface area contributed by atoms with E-state index in [1.54, 1.807) is 43.4 Å². The summed E-state index contributed by atoms with van der Waals surface area (Å²) in [4.78, 5) is 26.8. The summed E-state index contributed by atoms with van der Waals surface area (Å²) >= 11 is 0. The molecule has 3 aromatic rings. The monoisotopic (exact) mass is 417 g/mol. The quantitative estimate of drug-likeness (QED) is 0.406. The van der Waals surface area contributed by atoms with Crippen LogP contribution in [0.5, 0.6) is 11.5 Å². The molecule has 0 saturated heterocycles. The van der Waals surface area contributed by atoms with E-state index < -0.39 is 5.97 Å². The lowest BCUT2D eigenvalue weighted by atomic mass is 9.86. The molecule has 5 heteroatoms. The molecule has 0 heterocycles. The Kier molecular flexibility index (Phi) is 6.75. The molecular formula is C26H27NO4. The van der Waals surface area contributed by atoms with Gasteiger partial charge in [-0.2, -0.15) is 0 Å². The Morgan fingerprint density at radius 3 is 2.10 bits per heavy atom. The number of hydrogen-bond donors (Lipinski definition) is 0. The van der Waals surface area contributed by atoms with Crippen molar-refractivity contribution in [3.8, 4) is 11.5 Å². The van der Waals surface area contributed by atoms with Gasteiger partial charge in [0.25, 0.3) is 5.91 Å². The number of rotatable bonds is 6. The maximum atomic E-state index is 13.0. The highest BCUT2D eigenvalue weighted by molar-refractivity contribution is 6.06. The van der Waals surface area contributed by atoms with Crippen LogP contribution in [-0.2, 0) is 10.2 Å². The maximum Gasteiger partial charge on any atom is 0.349 e. The van der Waals surface area contributed by atoms with Crippen LogP contribution < -0.4 is 14.4 Å². The number of carbonyl (C=O) groups is 2. The predicted molar refractivity (Wildman–Crippen MR) is 122 cm³/mol. The lowest BCUT2D eigenvalue weighted by Crippen LogP contribution is -2.27. The number of benzene rings is 3. The molecular weight excluding hydrogens is 390 g/mol. The normalized spacial score (nSPS) is 11.0. The van der Waals surface area contributed by atoms with Crippen molar-refractivity contribution in [2.75, 3.05) is 18.6 Å². The van der Waals surface area contributed by atoms with Crippen LogP contribution in [0.2, 0.25) is 0 Å². The second-order valence-electron chi connectivity index (χ2n) is 8.24. The van der Waals surface area contributed by atoms with Gasteiger partial charge < -0.3 is 14.4 Å². The predicted octanol–water partition coefficient (Wildman–Crippen LogP) is 5.25. The van der Waals surface area contributed by atoms with Crippen molar-refractivity contribution in [2.45, 2.75) is 26.2 Å². The molecule has 0 atom stereocenters. The van der Waals surface area contributed by atoms with Crippen molar-refractivity contribution in [3.05, 3.63) is 90.0 Å². The summed E-state index contributed by atoms with van der Waals surface area (Å²) in [7, 11) is 1.66. The van der Waals surface area contributed by atoms with Gasteiger partial charge >= 0.3 is 5.97 Å². The summed E-state index contributed by atoms with van der Waals surface area (Å²) in [5, 5.41) is 0. The van der Waals surface area contributed by atoms with E-state index in [0.717, 1.165) is 5.56 Å². The minimum atomic E-state index is -0.549. The zero-order valence-electron chi connectivity index (χ0n) is 18.3. The number of ether oxygens (including phenoxy) is 2. The summed E-state index contributed by atoms with van der Waals surface area (Å²) in [5.74, 6) is 0.140. The van der Waals surface area contributed by atoms with Crippen molar-refractivity contribution in [1.82, 2.24) is 0 Å². The Labute approximate surface area is 183 Å². The van der Waals surface area contributed by atoms with E-state index in [-0.39, 0.29) is 17.9 Å². The molecule has 0 aliphatic carbocycles. The van der Waals surface area contributed by atoms with Crippen molar-refractivity contribution >= 4 is 17.6 Å². The van der Waals surface area contributed by atoms with Crippen LogP contribution in [-0.4, -0.2) is 25.5 Å². The first-order valence-electron chi connectivity index (χ1n) is 10.1. The van der Waals surface area contributed by atoms with Gasteiger partial charge in [0.1, 0.15) is 5.75 Å². The minimum absolute atomic E-state index is 0.0100. The van der Waals surface area contributed by atoms with Crippen LogP contribution >= 0.6 is 0 Å². The Hall–Kier alpha value is -3.60. The number of para-hydroxylation sites is 3. The van der Waals surface area contributed by atoms with E-state index in [9.17, 15) is 9.59 Å². The molecule has 160 valence electrons. The zero-order valence-corrected chi connectivity index (χ0v) is 18.3. The third-order valence-corrected chi connectivity index (χ3v) is 4.85. The largest absolute Gasteiger partial charge is 0.482 e. The van der Waals surface area contributed by atoms with Gasteiger partial charge in [-0.15, -0.1) is 0 Å². The van der Waals surface area contributed by atoms with Gasteiger partial charge in [0.05, 0.1) is 5.69 Å². The Bertz CT molecular complexity index is 1040. The number of nitrogens with zero attached hydrogens (tertiary/aromatic N) is 1. The van der Waals surface area contributed by atoms with Crippen LogP contribution in [0.3, 0.4) is 0 Å². The highest BCUT2D eigenvalue weighted by Crippen LogP contribution is 2.29. The van der Waals surface area contributed by atoms with E-state index in [0.29, 0.717) is 22.7 Å². The molecule has 0 N–H and O–H groups in total. The highest BCUT2D eigenvalue weighted by atomic mass is 16.6. The van der Waals surface area contributed by atoms with E-state index in [4.69, 9.17) is 9.47 Å². The molecule has 5 nitrogen and oxygen atoms in total. The molecule has 0 aromatic heterocycles. The number of carbonyl (C=O) groups excluding carboxylic acids is 2. The van der Waals surface area contributed by atoms with E-state index >= 15 is 0 Å². The molecule has 31 heavy (non-hydrogen) atoms. The summed E-state index contributed by atoms with van der Waals surface area (Å²) in [6, 6.07) is 23.5. The first-order chi connectivity index (χ1) is 14.8. The van der Waals surface area contributed by atoms with Crippen molar-refractivity contribution < 1.29 is 19.1 Å². The first kappa shape index (κ1) is 22.1. The van der Waals surface area contributed by atoms with Crippen molar-refractivity contribution in [3.63, 3.8) is 0 Å². The smallest absolute Gasteiger partial charge is 0.349 e. The number of amides is 1. The molecule has 3 aromatic carbocycles. The lowest BCUT2D eigenvalue weighted by Gasteiger charge is -2.22. The number of esters is 1. The van der Waals surface area contributed by atoms with Crippen LogP contribution in [0.4, 0.5) is 5.69 Å². The van der Waals surface area contributed by atoms with Gasteiger partial charge in [0.15, 0.2) is 12.4 Å². The van der Waals surface area contributed by atoms with E-state index in [1.807, 2.05) is 42.5 Å². The molecule has 0 unspecified atom stereocenters. The van der Waals surface area contributed by atoms with Crippen molar-refractivity contribution in [1.29, 1.82) is 0 Å². The first-order valence-corrected chi connectivity index (χ1v) is 10.1. The van der Waals surface area contributed by atoms with Gasteiger partial charge in [-0.1, -0.05) is 63.2 Å². The van der Waals surface area contributed by atoms with Crippen LogP contribution in [0.25, 0.3) is 0 Å². The fourth-order valence-corrected chi connectivity index (χ4v) is 3.05. The second kappa shape index (κ2) is 9.47. The summed E-state index contributed by atoms with van der Waals surface area (Å²) in [5.41, 5.74) is 2.22. The minimum Gasteiger partial charge on any atom is -0.482 e. The lowest BCUT2D eigenvalue weighted by molar-refractivity contribution is -0.136. The van der Waals surface area contributed by atoms with Gasteiger partial charge in [-0.05, 0) is 47.4 Å². The Morgan fingerprint density at radius 2 is 1.45 bits per heavy atom. The fourth-order valence-electron chi connectivity index (χ4n) is 3.05. The summed E-state index contributed by atoms with van der Waals surface area (Å²) in [6.07, 6.45) is 0. The highest BCUT2D eigenvalue weighted by Gasteiger charge is 2.20. The van der Waals surface area contributed by atoms with Crippen LogP contribution in [0.15, 0.2) is 78.9 Å². The SMILES string of the molecule is CN(C(=O)c1ccc(C(C)(C)C)cc1)c1ccccc1OC(=O)COc1ccccc1. The standard InChI is InChI=1S/C26H27NO4/c1-26(2,3)20-16-14-19(15-17-20)25(29)27(4)22-12-8-9-13-23(22)31-24(28)18-30-21-10-6-5-7-11-21/h5-17H,18H2,1-4H3. The van der Waals surface area contributed by atoms with Gasteiger partial charge in [-0.3, -0.25) is 4.79 Å². The van der Waals surface area contributed by atoms with E-state index in [1.165, 1.54) is 4.90 Å². The van der Waals surface area contributed by atoms with Gasteiger partial charge in [0, 0.05) is 12.6 Å². The molecule has 0 bridgehead atoms. The molecule has 0 spiro atoms. The molecule has 0 aliphatic heterocycles. The van der Waals surface area contributed by atoms with E-state index in [2.05, 4.69) is 20.8 Å². The second-order valence-corrected chi connectivity index (χ2v) is 8.24.